The van der Waals surface area contributed by atoms with E-state index in [-0.39, 0.29) is 18.7 Å². The van der Waals surface area contributed by atoms with E-state index < -0.39 is 29.3 Å². The largest absolute Gasteiger partial charge is 0.359 e. The third-order valence-corrected chi connectivity index (χ3v) is 3.72. The minimum absolute atomic E-state index is 0.0175. The van der Waals surface area contributed by atoms with Crippen molar-refractivity contribution in [3.8, 4) is 0 Å². The van der Waals surface area contributed by atoms with Gasteiger partial charge in [-0.2, -0.15) is 0 Å². The molecule has 1 heterocycles. The molecule has 0 saturated carbocycles. The number of anilines is 1. The molecule has 0 radical (unpaired) electrons. The molecule has 0 saturated heterocycles. The molecule has 2 aromatic carbocycles. The van der Waals surface area contributed by atoms with Crippen LogP contribution in [0.5, 0.6) is 0 Å². The summed E-state index contributed by atoms with van der Waals surface area (Å²) in [4.78, 5) is 1.63. The zero-order chi connectivity index (χ0) is 15.1. The van der Waals surface area contributed by atoms with Gasteiger partial charge < -0.3 is 10.6 Å². The number of hydrogen-bond acceptors (Lipinski definition) is 2. The van der Waals surface area contributed by atoms with Gasteiger partial charge in [-0.05, 0) is 29.8 Å². The Morgan fingerprint density at radius 2 is 1.86 bits per heavy atom. The topological polar surface area (TPSA) is 29.3 Å². The predicted octanol–water partition coefficient (Wildman–Crippen LogP) is 3.26. The number of rotatable bonds is 2. The van der Waals surface area contributed by atoms with Gasteiger partial charge >= 0.3 is 0 Å². The molecule has 1 aliphatic rings. The third-order valence-electron chi connectivity index (χ3n) is 3.72. The molecule has 0 aromatic heterocycles. The zero-order valence-electron chi connectivity index (χ0n) is 10.9. The molecule has 3 rings (SSSR count). The summed E-state index contributed by atoms with van der Waals surface area (Å²) in [6, 6.07) is 6.15. The van der Waals surface area contributed by atoms with Crippen molar-refractivity contribution >= 4 is 5.69 Å². The first-order valence-electron chi connectivity index (χ1n) is 6.41. The number of halogens is 4. The summed E-state index contributed by atoms with van der Waals surface area (Å²) in [6.45, 7) is 0.0950. The van der Waals surface area contributed by atoms with Crippen molar-refractivity contribution in [2.75, 3.05) is 11.4 Å². The highest BCUT2D eigenvalue weighted by Gasteiger charge is 2.34. The van der Waals surface area contributed by atoms with Gasteiger partial charge in [-0.15, -0.1) is 0 Å². The van der Waals surface area contributed by atoms with Crippen LogP contribution in [0.2, 0.25) is 0 Å². The maximum Gasteiger partial charge on any atom is 0.194 e. The Hall–Kier alpha value is -2.08. The number of benzene rings is 2. The van der Waals surface area contributed by atoms with Crippen LogP contribution in [0.4, 0.5) is 23.2 Å². The molecule has 0 aliphatic carbocycles. The van der Waals surface area contributed by atoms with Crippen LogP contribution >= 0.6 is 0 Å². The lowest BCUT2D eigenvalue weighted by atomic mass is 10.0. The summed E-state index contributed by atoms with van der Waals surface area (Å²) in [6.07, 6.45) is 0. The van der Waals surface area contributed by atoms with Crippen LogP contribution in [0.1, 0.15) is 17.2 Å². The van der Waals surface area contributed by atoms with Gasteiger partial charge in [0.15, 0.2) is 17.5 Å². The number of nitrogens with two attached hydrogens (primary N) is 1. The van der Waals surface area contributed by atoms with Gasteiger partial charge in [0.1, 0.15) is 5.82 Å². The lowest BCUT2D eigenvalue weighted by Crippen LogP contribution is -2.27. The molecule has 0 fully saturated rings. The molecule has 1 aliphatic heterocycles. The maximum atomic E-state index is 13.9. The van der Waals surface area contributed by atoms with E-state index in [2.05, 4.69) is 0 Å². The molecule has 21 heavy (non-hydrogen) atoms. The molecular weight excluding hydrogens is 284 g/mol. The van der Waals surface area contributed by atoms with Crippen molar-refractivity contribution in [1.82, 2.24) is 0 Å². The minimum atomic E-state index is -1.49. The van der Waals surface area contributed by atoms with Gasteiger partial charge in [-0.1, -0.05) is 6.07 Å². The smallest absolute Gasteiger partial charge is 0.194 e. The van der Waals surface area contributed by atoms with Gasteiger partial charge in [-0.3, -0.25) is 0 Å². The molecule has 110 valence electrons. The van der Waals surface area contributed by atoms with Crippen LogP contribution in [0.3, 0.4) is 0 Å². The Kier molecular flexibility index (Phi) is 3.33. The fourth-order valence-electron chi connectivity index (χ4n) is 2.74. The third kappa shape index (κ3) is 2.15. The zero-order valence-corrected chi connectivity index (χ0v) is 10.9. The normalized spacial score (nSPS) is 17.2. The van der Waals surface area contributed by atoms with E-state index in [9.17, 15) is 17.6 Å². The Bertz CT molecular complexity index is 702. The fraction of sp³-hybridized carbons (Fsp3) is 0.200. The summed E-state index contributed by atoms with van der Waals surface area (Å²) in [5, 5.41) is 0. The lowest BCUT2D eigenvalue weighted by Gasteiger charge is -2.26. The van der Waals surface area contributed by atoms with Crippen molar-refractivity contribution in [3.05, 3.63) is 64.7 Å². The van der Waals surface area contributed by atoms with E-state index in [4.69, 9.17) is 5.73 Å². The molecule has 0 bridgehead atoms. The van der Waals surface area contributed by atoms with Crippen LogP contribution in [-0.2, 0) is 6.54 Å². The second kappa shape index (κ2) is 5.04. The highest BCUT2D eigenvalue weighted by atomic mass is 19.2. The van der Waals surface area contributed by atoms with Crippen LogP contribution in [0.15, 0.2) is 30.3 Å². The highest BCUT2D eigenvalue weighted by molar-refractivity contribution is 5.55. The lowest BCUT2D eigenvalue weighted by molar-refractivity contribution is 0.441. The molecule has 2 aromatic rings. The Morgan fingerprint density at radius 1 is 1.10 bits per heavy atom. The van der Waals surface area contributed by atoms with Gasteiger partial charge in [0.25, 0.3) is 0 Å². The minimum Gasteiger partial charge on any atom is -0.359 e. The van der Waals surface area contributed by atoms with E-state index in [1.54, 1.807) is 11.0 Å². The van der Waals surface area contributed by atoms with Crippen molar-refractivity contribution in [1.29, 1.82) is 0 Å². The first-order chi connectivity index (χ1) is 10.0. The number of fused-ring (bicyclic) bond motifs is 1. The van der Waals surface area contributed by atoms with Crippen molar-refractivity contribution in [3.63, 3.8) is 0 Å². The molecule has 1 atom stereocenters. The standard InChI is InChI=1S/C15H12F4N2/c16-8-2-1-3-9(4-8)21-7-11-10(13(21)6-20)5-12(17)15(19)14(11)18/h1-5,13H,6-7,20H2. The van der Waals surface area contributed by atoms with E-state index in [0.29, 0.717) is 11.3 Å². The maximum absolute atomic E-state index is 13.9. The number of hydrogen-bond donors (Lipinski definition) is 1. The monoisotopic (exact) mass is 296 g/mol. The second-order valence-electron chi connectivity index (χ2n) is 4.91. The van der Waals surface area contributed by atoms with Crippen molar-refractivity contribution in [2.45, 2.75) is 12.6 Å². The number of nitrogens with zero attached hydrogens (tertiary/aromatic N) is 1. The first-order valence-corrected chi connectivity index (χ1v) is 6.41. The summed E-state index contributed by atoms with van der Waals surface area (Å²) >= 11 is 0. The van der Waals surface area contributed by atoms with Crippen LogP contribution in [0, 0.1) is 23.3 Å². The predicted molar refractivity (Wildman–Crippen MR) is 70.7 cm³/mol. The Morgan fingerprint density at radius 3 is 2.52 bits per heavy atom. The Labute approximate surface area is 118 Å². The second-order valence-corrected chi connectivity index (χ2v) is 4.91. The average molecular weight is 296 g/mol. The molecule has 0 spiro atoms. The highest BCUT2D eigenvalue weighted by Crippen LogP contribution is 2.39. The summed E-state index contributed by atoms with van der Waals surface area (Å²) in [7, 11) is 0. The van der Waals surface area contributed by atoms with Gasteiger partial charge in [0, 0.05) is 24.3 Å². The molecule has 2 nitrogen and oxygen atoms in total. The van der Waals surface area contributed by atoms with Crippen molar-refractivity contribution in [2.24, 2.45) is 5.73 Å². The van der Waals surface area contributed by atoms with Crippen LogP contribution < -0.4 is 10.6 Å². The Balaban J connectivity index is 2.10. The molecular formula is C15H12F4N2. The van der Waals surface area contributed by atoms with E-state index >= 15 is 0 Å². The van der Waals surface area contributed by atoms with Crippen molar-refractivity contribution < 1.29 is 17.6 Å². The van der Waals surface area contributed by atoms with E-state index in [0.717, 1.165) is 6.07 Å². The first kappa shape index (κ1) is 13.9. The van der Waals surface area contributed by atoms with Gasteiger partial charge in [-0.25, -0.2) is 17.6 Å². The molecule has 0 amide bonds. The van der Waals surface area contributed by atoms with Crippen LogP contribution in [0.25, 0.3) is 0 Å². The van der Waals surface area contributed by atoms with E-state index in [1.165, 1.54) is 18.2 Å². The van der Waals surface area contributed by atoms with Gasteiger partial charge in [0.2, 0.25) is 0 Å². The quantitative estimate of drug-likeness (QED) is 0.681. The van der Waals surface area contributed by atoms with Gasteiger partial charge in [0.05, 0.1) is 6.04 Å². The fourth-order valence-corrected chi connectivity index (χ4v) is 2.74. The summed E-state index contributed by atoms with van der Waals surface area (Å²) in [5.74, 6) is -4.39. The van der Waals surface area contributed by atoms with Crippen LogP contribution in [-0.4, -0.2) is 6.54 Å². The molecule has 1 unspecified atom stereocenters. The SMILES string of the molecule is NCC1c2cc(F)c(F)c(F)c2CN1c1cccc(F)c1. The molecule has 6 heteroatoms. The summed E-state index contributed by atoms with van der Waals surface area (Å²) in [5.41, 5.74) is 6.53. The average Bonchev–Trinajstić information content (AvgIpc) is 2.83. The summed E-state index contributed by atoms with van der Waals surface area (Å²) < 4.78 is 54.0. The molecule has 2 N–H and O–H groups in total. The van der Waals surface area contributed by atoms with E-state index in [1.807, 2.05) is 0 Å².